The maximum atomic E-state index is 12.4. The van der Waals surface area contributed by atoms with Crippen LogP contribution in [0.4, 0.5) is 0 Å². The first-order chi connectivity index (χ1) is 14.6. The van der Waals surface area contributed by atoms with Gasteiger partial charge in [0.2, 0.25) is 0 Å². The molecule has 3 saturated carbocycles. The Morgan fingerprint density at radius 3 is 2.58 bits per heavy atom. The summed E-state index contributed by atoms with van der Waals surface area (Å²) in [5.41, 5.74) is 0.849. The quantitative estimate of drug-likeness (QED) is 0.541. The molecule has 0 aromatic heterocycles. The van der Waals surface area contributed by atoms with Crippen LogP contribution in [0.1, 0.15) is 85.5 Å². The molecule has 4 aliphatic carbocycles. The highest BCUT2D eigenvalue weighted by molar-refractivity contribution is 5.28. The maximum Gasteiger partial charge on any atom is 0.174 e. The van der Waals surface area contributed by atoms with Crippen molar-refractivity contribution in [3.8, 4) is 0 Å². The lowest BCUT2D eigenvalue weighted by molar-refractivity contribution is -0.274. The molecule has 2 heterocycles. The number of allylic oxidation sites excluding steroid dienone is 1. The molecule has 11 atom stereocenters. The summed E-state index contributed by atoms with van der Waals surface area (Å²) in [5.74, 6) is 1.81. The van der Waals surface area contributed by atoms with Crippen molar-refractivity contribution in [2.24, 2.45) is 40.4 Å². The number of fused-ring (bicyclic) bond motifs is 7. The topological polar surface area (TPSA) is 58.9 Å². The number of hydrogen-bond donors (Lipinski definition) is 2. The largest absolute Gasteiger partial charge is 0.393 e. The van der Waals surface area contributed by atoms with E-state index in [1.807, 2.05) is 0 Å². The first-order valence-corrected chi connectivity index (χ1v) is 13.1. The Bertz CT molecular complexity index is 784. The molecule has 2 N–H and O–H groups in total. The van der Waals surface area contributed by atoms with E-state index in [1.165, 1.54) is 12.0 Å². The van der Waals surface area contributed by atoms with Crippen molar-refractivity contribution in [3.63, 3.8) is 0 Å². The van der Waals surface area contributed by atoms with E-state index in [1.54, 1.807) is 0 Å². The minimum atomic E-state index is -0.795. The van der Waals surface area contributed by atoms with Gasteiger partial charge in [0.1, 0.15) is 5.60 Å². The average Bonchev–Trinajstić information content (AvgIpc) is 3.09. The second kappa shape index (κ2) is 6.58. The molecule has 0 bridgehead atoms. The van der Waals surface area contributed by atoms with Crippen LogP contribution in [0.15, 0.2) is 11.6 Å². The summed E-state index contributed by atoms with van der Waals surface area (Å²) in [6, 6.07) is 0. The zero-order chi connectivity index (χ0) is 21.8. The summed E-state index contributed by atoms with van der Waals surface area (Å²) >= 11 is 0. The summed E-state index contributed by atoms with van der Waals surface area (Å²) in [6.45, 7) is 10.1. The van der Waals surface area contributed by atoms with Crippen LogP contribution in [-0.2, 0) is 9.47 Å². The smallest absolute Gasteiger partial charge is 0.174 e. The van der Waals surface area contributed by atoms with Crippen LogP contribution in [0, 0.1) is 40.4 Å². The lowest BCUT2D eigenvalue weighted by Crippen LogP contribution is -2.59. The summed E-state index contributed by atoms with van der Waals surface area (Å²) in [7, 11) is 0. The zero-order valence-electron chi connectivity index (χ0n) is 19.9. The van der Waals surface area contributed by atoms with Crippen molar-refractivity contribution in [1.82, 2.24) is 0 Å². The summed E-state index contributed by atoms with van der Waals surface area (Å²) < 4.78 is 13.1. The highest BCUT2D eigenvalue weighted by Gasteiger charge is 2.76. The fraction of sp³-hybridized carbons (Fsp3) is 0.926. The van der Waals surface area contributed by atoms with Gasteiger partial charge in [0.15, 0.2) is 5.79 Å². The van der Waals surface area contributed by atoms with E-state index >= 15 is 0 Å². The van der Waals surface area contributed by atoms with Gasteiger partial charge in [-0.05, 0) is 80.5 Å². The predicted octanol–water partition coefficient (Wildman–Crippen LogP) is 4.83. The van der Waals surface area contributed by atoms with E-state index in [9.17, 15) is 10.2 Å². The molecule has 1 spiro atoms. The van der Waals surface area contributed by atoms with Gasteiger partial charge in [-0.2, -0.15) is 0 Å². The lowest BCUT2D eigenvalue weighted by atomic mass is 9.46. The number of aliphatic hydroxyl groups excluding tert-OH is 1. The Balaban J connectivity index is 1.32. The van der Waals surface area contributed by atoms with E-state index in [-0.39, 0.29) is 29.0 Å². The van der Waals surface area contributed by atoms with Crippen LogP contribution in [0.3, 0.4) is 0 Å². The molecule has 0 unspecified atom stereocenters. The standard InChI is InChI=1S/C27H42O4/c1-16-7-12-26(30-15-16)17(2)27(29)23(31-26)14-22-20-6-5-18-13-19(28)8-10-24(18,3)21(20)9-11-25(22,27)4/h5,16-17,19-23,28-29H,6-15H2,1-4H3/t16-,17+,19+,20-,21+,22-,23-,24+,25+,26+,27+/m1/s1. The van der Waals surface area contributed by atoms with Crippen molar-refractivity contribution in [2.75, 3.05) is 6.61 Å². The van der Waals surface area contributed by atoms with E-state index in [2.05, 4.69) is 33.8 Å². The molecule has 2 aliphatic heterocycles. The van der Waals surface area contributed by atoms with Gasteiger partial charge in [-0.3, -0.25) is 0 Å². The molecule has 4 nitrogen and oxygen atoms in total. The van der Waals surface area contributed by atoms with Crippen molar-refractivity contribution in [2.45, 2.75) is 109 Å². The predicted molar refractivity (Wildman–Crippen MR) is 119 cm³/mol. The monoisotopic (exact) mass is 430 g/mol. The number of hydrogen-bond acceptors (Lipinski definition) is 4. The molecular weight excluding hydrogens is 388 g/mol. The minimum Gasteiger partial charge on any atom is -0.393 e. The zero-order valence-corrected chi connectivity index (χ0v) is 19.9. The molecule has 31 heavy (non-hydrogen) atoms. The van der Waals surface area contributed by atoms with Crippen LogP contribution in [-0.4, -0.2) is 40.4 Å². The average molecular weight is 431 g/mol. The van der Waals surface area contributed by atoms with Crippen LogP contribution >= 0.6 is 0 Å². The van der Waals surface area contributed by atoms with Gasteiger partial charge >= 0.3 is 0 Å². The second-order valence-electron chi connectivity index (χ2n) is 12.8. The van der Waals surface area contributed by atoms with E-state index < -0.39 is 11.4 Å². The van der Waals surface area contributed by atoms with E-state index in [0.717, 1.165) is 58.0 Å². The van der Waals surface area contributed by atoms with Gasteiger partial charge in [0.05, 0.1) is 18.8 Å². The van der Waals surface area contributed by atoms with Crippen molar-refractivity contribution in [1.29, 1.82) is 0 Å². The summed E-state index contributed by atoms with van der Waals surface area (Å²) in [6.07, 6.45) is 11.5. The fourth-order valence-corrected chi connectivity index (χ4v) is 9.58. The Morgan fingerprint density at radius 1 is 1.03 bits per heavy atom. The number of rotatable bonds is 0. The molecule has 6 aliphatic rings. The van der Waals surface area contributed by atoms with Crippen molar-refractivity contribution >= 4 is 0 Å². The lowest BCUT2D eigenvalue weighted by Gasteiger charge is -2.59. The van der Waals surface area contributed by atoms with Crippen LogP contribution in [0.2, 0.25) is 0 Å². The van der Waals surface area contributed by atoms with Gasteiger partial charge in [-0.1, -0.05) is 39.3 Å². The van der Waals surface area contributed by atoms with Gasteiger partial charge in [0.25, 0.3) is 0 Å². The van der Waals surface area contributed by atoms with E-state index in [4.69, 9.17) is 9.47 Å². The van der Waals surface area contributed by atoms with Crippen LogP contribution in [0.5, 0.6) is 0 Å². The highest BCUT2D eigenvalue weighted by atomic mass is 16.7. The van der Waals surface area contributed by atoms with E-state index in [0.29, 0.717) is 23.7 Å². The van der Waals surface area contributed by atoms with Gasteiger partial charge in [0, 0.05) is 17.8 Å². The third kappa shape index (κ3) is 2.52. The molecule has 174 valence electrons. The molecule has 0 radical (unpaired) electrons. The molecule has 0 aromatic rings. The molecule has 0 aromatic carbocycles. The molecule has 0 amide bonds. The third-order valence-corrected chi connectivity index (χ3v) is 11.6. The molecule has 5 fully saturated rings. The Morgan fingerprint density at radius 2 is 1.84 bits per heavy atom. The third-order valence-electron chi connectivity index (χ3n) is 11.6. The Kier molecular flexibility index (Phi) is 4.49. The molecule has 6 rings (SSSR count). The molecule has 2 saturated heterocycles. The maximum absolute atomic E-state index is 12.4. The van der Waals surface area contributed by atoms with Crippen LogP contribution in [0.25, 0.3) is 0 Å². The number of aliphatic hydroxyl groups is 2. The van der Waals surface area contributed by atoms with Crippen LogP contribution < -0.4 is 0 Å². The van der Waals surface area contributed by atoms with Gasteiger partial charge < -0.3 is 19.7 Å². The fourth-order valence-electron chi connectivity index (χ4n) is 9.58. The first-order valence-electron chi connectivity index (χ1n) is 13.1. The Labute approximate surface area is 187 Å². The highest BCUT2D eigenvalue weighted by Crippen LogP contribution is 2.72. The first kappa shape index (κ1) is 21.1. The van der Waals surface area contributed by atoms with Gasteiger partial charge in [-0.25, -0.2) is 0 Å². The molecular formula is C27H42O4. The molecule has 4 heteroatoms. The van der Waals surface area contributed by atoms with Gasteiger partial charge in [-0.15, -0.1) is 0 Å². The Hall–Kier alpha value is -0.420. The normalized spacial score (nSPS) is 60.7. The second-order valence-corrected chi connectivity index (χ2v) is 12.8. The minimum absolute atomic E-state index is 0.0131. The summed E-state index contributed by atoms with van der Waals surface area (Å²) in [4.78, 5) is 0. The summed E-state index contributed by atoms with van der Waals surface area (Å²) in [5, 5.41) is 22.7. The van der Waals surface area contributed by atoms with Crippen molar-refractivity contribution < 1.29 is 19.7 Å². The van der Waals surface area contributed by atoms with Crippen molar-refractivity contribution in [3.05, 3.63) is 11.6 Å². The number of ether oxygens (including phenoxy) is 2. The SMILES string of the molecule is C[C@@H]1CC[C@]2(OC1)O[C@@H]1C[C@@H]3[C@@H]4CC=C5C[C@@H](O)CC[C@]5(C)[C@H]4CC[C@]3(C)[C@]1(O)[C@H]2C.